The van der Waals surface area contributed by atoms with Crippen LogP contribution in [0, 0.1) is 5.92 Å². The minimum Gasteiger partial charge on any atom is -0.374 e. The van der Waals surface area contributed by atoms with Crippen molar-refractivity contribution in [1.29, 1.82) is 0 Å². The van der Waals surface area contributed by atoms with Crippen molar-refractivity contribution < 1.29 is 0 Å². The van der Waals surface area contributed by atoms with Crippen LogP contribution >= 0.6 is 0 Å². The highest BCUT2D eigenvalue weighted by molar-refractivity contribution is 5.66. The van der Waals surface area contributed by atoms with Crippen molar-refractivity contribution in [2.24, 2.45) is 5.92 Å². The Kier molecular flexibility index (Phi) is 6.43. The van der Waals surface area contributed by atoms with Crippen LogP contribution in [-0.4, -0.2) is 36.0 Å². The molecule has 2 atom stereocenters. The van der Waals surface area contributed by atoms with Gasteiger partial charge < -0.3 is 4.90 Å². The van der Waals surface area contributed by atoms with Gasteiger partial charge in [-0.25, -0.2) is 0 Å². The third-order valence-electron chi connectivity index (χ3n) is 6.97. The lowest BCUT2D eigenvalue weighted by Gasteiger charge is -2.31. The molecule has 158 valence electrons. The van der Waals surface area contributed by atoms with Gasteiger partial charge in [0.1, 0.15) is 0 Å². The van der Waals surface area contributed by atoms with Gasteiger partial charge in [-0.3, -0.25) is 4.90 Å². The first-order valence-electron chi connectivity index (χ1n) is 11.8. The number of hydrogen-bond donors (Lipinski definition) is 0. The van der Waals surface area contributed by atoms with Crippen LogP contribution in [0.4, 0.5) is 0 Å². The van der Waals surface area contributed by atoms with E-state index in [1.54, 1.807) is 5.57 Å². The van der Waals surface area contributed by atoms with E-state index in [2.05, 4.69) is 98.2 Å². The Balaban J connectivity index is 1.62. The molecule has 0 saturated heterocycles. The lowest BCUT2D eigenvalue weighted by Crippen LogP contribution is -2.29. The molecule has 0 aromatic heterocycles. The summed E-state index contributed by atoms with van der Waals surface area (Å²) in [6.07, 6.45) is 16.2. The van der Waals surface area contributed by atoms with Crippen molar-refractivity contribution in [3.8, 4) is 0 Å². The second-order valence-corrected chi connectivity index (χ2v) is 8.42. The van der Waals surface area contributed by atoms with E-state index in [-0.39, 0.29) is 0 Å². The Hall–Kier alpha value is -2.32. The summed E-state index contributed by atoms with van der Waals surface area (Å²) in [6.45, 7) is 13.4. The second-order valence-electron chi connectivity index (χ2n) is 8.42. The zero-order valence-corrected chi connectivity index (χ0v) is 19.1. The Morgan fingerprint density at radius 1 is 0.833 bits per heavy atom. The average molecular weight is 401 g/mol. The molecule has 0 fully saturated rings. The van der Waals surface area contributed by atoms with Gasteiger partial charge in [0.2, 0.25) is 0 Å². The third-order valence-corrected chi connectivity index (χ3v) is 6.97. The number of fused-ring (bicyclic) bond motifs is 2. The molecule has 0 amide bonds. The standard InChI is InChI=1S/C28H36N2/c1-5-29(6-2)27-23(19-21-13-9-11-15-25(21)27)17-18-24-20-22-14-10-12-16-26(22)28(24)30(7-3)8-4/h9-16,19-20,25,28H,5-8,17-18H2,1-4H3. The van der Waals surface area contributed by atoms with Crippen molar-refractivity contribution in [3.05, 3.63) is 88.2 Å². The summed E-state index contributed by atoms with van der Waals surface area (Å²) in [5.41, 5.74) is 8.99. The van der Waals surface area contributed by atoms with Crippen LogP contribution in [0.25, 0.3) is 6.08 Å². The number of likely N-dealkylation sites (N-methyl/N-ethyl adjacent to an activating group) is 1. The van der Waals surface area contributed by atoms with Crippen LogP contribution in [0.2, 0.25) is 0 Å². The zero-order valence-electron chi connectivity index (χ0n) is 19.1. The van der Waals surface area contributed by atoms with Crippen molar-refractivity contribution in [2.45, 2.75) is 46.6 Å². The molecule has 0 spiro atoms. The van der Waals surface area contributed by atoms with E-state index in [9.17, 15) is 0 Å². The van der Waals surface area contributed by atoms with Gasteiger partial charge in [0, 0.05) is 24.7 Å². The molecule has 0 radical (unpaired) electrons. The number of hydrogen-bond acceptors (Lipinski definition) is 2. The van der Waals surface area contributed by atoms with Gasteiger partial charge in [-0.1, -0.05) is 74.6 Å². The fourth-order valence-corrected chi connectivity index (χ4v) is 5.46. The first kappa shape index (κ1) is 20.9. The minimum atomic E-state index is 0.435. The molecule has 0 heterocycles. The summed E-state index contributed by atoms with van der Waals surface area (Å²) in [6, 6.07) is 9.40. The lowest BCUT2D eigenvalue weighted by atomic mass is 9.93. The molecule has 0 aliphatic heterocycles. The molecule has 4 rings (SSSR count). The maximum atomic E-state index is 2.61. The van der Waals surface area contributed by atoms with Gasteiger partial charge >= 0.3 is 0 Å². The van der Waals surface area contributed by atoms with Crippen molar-refractivity contribution in [3.63, 3.8) is 0 Å². The largest absolute Gasteiger partial charge is 0.374 e. The van der Waals surface area contributed by atoms with Crippen molar-refractivity contribution >= 4 is 6.08 Å². The Labute approximate surface area is 183 Å². The van der Waals surface area contributed by atoms with Crippen LogP contribution in [-0.2, 0) is 0 Å². The van der Waals surface area contributed by atoms with E-state index in [4.69, 9.17) is 0 Å². The Morgan fingerprint density at radius 3 is 2.33 bits per heavy atom. The van der Waals surface area contributed by atoms with Crippen LogP contribution in [0.5, 0.6) is 0 Å². The monoisotopic (exact) mass is 400 g/mol. The number of nitrogens with zero attached hydrogens (tertiary/aromatic N) is 2. The molecule has 2 unspecified atom stereocenters. The molecule has 0 N–H and O–H groups in total. The van der Waals surface area contributed by atoms with Crippen molar-refractivity contribution in [2.75, 3.05) is 26.2 Å². The highest BCUT2D eigenvalue weighted by Crippen LogP contribution is 2.44. The summed E-state index contributed by atoms with van der Waals surface area (Å²) in [4.78, 5) is 5.17. The second kappa shape index (κ2) is 9.22. The van der Waals surface area contributed by atoms with Gasteiger partial charge in [0.05, 0.1) is 6.04 Å². The Morgan fingerprint density at radius 2 is 1.60 bits per heavy atom. The predicted molar refractivity (Wildman–Crippen MR) is 129 cm³/mol. The van der Waals surface area contributed by atoms with E-state index < -0.39 is 0 Å². The van der Waals surface area contributed by atoms with E-state index in [1.165, 1.54) is 28.0 Å². The summed E-state index contributed by atoms with van der Waals surface area (Å²) >= 11 is 0. The van der Waals surface area contributed by atoms with E-state index in [0.717, 1.165) is 39.0 Å². The maximum absolute atomic E-state index is 2.61. The van der Waals surface area contributed by atoms with E-state index >= 15 is 0 Å². The zero-order chi connectivity index (χ0) is 21.1. The molecule has 1 aromatic rings. The number of benzene rings is 1. The van der Waals surface area contributed by atoms with Gasteiger partial charge in [0.25, 0.3) is 0 Å². The molecule has 30 heavy (non-hydrogen) atoms. The minimum absolute atomic E-state index is 0.435. The number of allylic oxidation sites excluding steroid dienone is 6. The first-order chi connectivity index (χ1) is 14.7. The van der Waals surface area contributed by atoms with Gasteiger partial charge in [0.15, 0.2) is 0 Å². The van der Waals surface area contributed by atoms with Crippen molar-refractivity contribution in [1.82, 2.24) is 9.80 Å². The van der Waals surface area contributed by atoms with Crippen LogP contribution in [0.15, 0.2) is 77.1 Å². The fourth-order valence-electron chi connectivity index (χ4n) is 5.46. The average Bonchev–Trinajstić information content (AvgIpc) is 3.33. The highest BCUT2D eigenvalue weighted by Gasteiger charge is 2.31. The lowest BCUT2D eigenvalue weighted by molar-refractivity contribution is 0.247. The maximum Gasteiger partial charge on any atom is 0.0570 e. The number of rotatable bonds is 9. The molecular weight excluding hydrogens is 364 g/mol. The molecular formula is C28H36N2. The normalized spacial score (nSPS) is 21.8. The topological polar surface area (TPSA) is 6.48 Å². The summed E-state index contributed by atoms with van der Waals surface area (Å²) in [7, 11) is 0. The SMILES string of the molecule is CCN(CC)C1=C(CCC2=Cc3ccccc3C2N(CC)CC)C=C2C=CC=CC21. The molecule has 2 nitrogen and oxygen atoms in total. The highest BCUT2D eigenvalue weighted by atomic mass is 15.1. The third kappa shape index (κ3) is 3.74. The summed E-state index contributed by atoms with van der Waals surface area (Å²) in [5.74, 6) is 0.443. The van der Waals surface area contributed by atoms with Crippen LogP contribution in [0.3, 0.4) is 0 Å². The van der Waals surface area contributed by atoms with Gasteiger partial charge in [-0.2, -0.15) is 0 Å². The molecule has 0 bridgehead atoms. The van der Waals surface area contributed by atoms with E-state index in [1.807, 2.05) is 0 Å². The molecule has 2 heteroatoms. The summed E-state index contributed by atoms with van der Waals surface area (Å²) < 4.78 is 0. The molecule has 0 saturated carbocycles. The van der Waals surface area contributed by atoms with E-state index in [0.29, 0.717) is 12.0 Å². The molecule has 3 aliphatic carbocycles. The fraction of sp³-hybridized carbons (Fsp3) is 0.429. The van der Waals surface area contributed by atoms with Crippen LogP contribution in [0.1, 0.15) is 57.7 Å². The Bertz CT molecular complexity index is 920. The van der Waals surface area contributed by atoms with Crippen LogP contribution < -0.4 is 0 Å². The first-order valence-corrected chi connectivity index (χ1v) is 11.8. The predicted octanol–water partition coefficient (Wildman–Crippen LogP) is 6.52. The smallest absolute Gasteiger partial charge is 0.0570 e. The molecule has 1 aromatic carbocycles. The van der Waals surface area contributed by atoms with Gasteiger partial charge in [-0.15, -0.1) is 0 Å². The molecule has 3 aliphatic rings. The summed E-state index contributed by atoms with van der Waals surface area (Å²) in [5, 5.41) is 0. The van der Waals surface area contributed by atoms with Gasteiger partial charge in [-0.05, 0) is 67.6 Å². The quantitative estimate of drug-likeness (QED) is 0.465.